The summed E-state index contributed by atoms with van der Waals surface area (Å²) >= 11 is 0. The summed E-state index contributed by atoms with van der Waals surface area (Å²) < 4.78 is 0. The molecule has 0 atom stereocenters. The second-order valence-corrected chi connectivity index (χ2v) is 3.54. The van der Waals surface area contributed by atoms with E-state index in [1.54, 1.807) is 0 Å². The highest BCUT2D eigenvalue weighted by Gasteiger charge is 2.00. The van der Waals surface area contributed by atoms with Gasteiger partial charge in [0, 0.05) is 24.2 Å². The van der Waals surface area contributed by atoms with E-state index in [1.807, 2.05) is 0 Å². The molecule has 0 saturated heterocycles. The molecule has 0 amide bonds. The minimum Gasteiger partial charge on any atom is -0.396 e. The van der Waals surface area contributed by atoms with Gasteiger partial charge in [-0.2, -0.15) is 0 Å². The van der Waals surface area contributed by atoms with Crippen molar-refractivity contribution < 1.29 is 5.11 Å². The number of rotatable bonds is 3. The normalized spacial score (nSPS) is 11.0. The van der Waals surface area contributed by atoms with Gasteiger partial charge in [-0.1, -0.05) is 13.0 Å². The van der Waals surface area contributed by atoms with Gasteiger partial charge >= 0.3 is 0 Å². The molecule has 0 unspecified atom stereocenters. The number of hydrogen-bond donors (Lipinski definition) is 2. The zero-order chi connectivity index (χ0) is 9.97. The number of aromatic nitrogens is 1. The molecule has 74 valence electrons. The molecule has 1 aromatic carbocycles. The highest BCUT2D eigenvalue weighted by atomic mass is 16.3. The Bertz CT molecular complexity index is 431. The van der Waals surface area contributed by atoms with Crippen LogP contribution in [0.1, 0.15) is 18.2 Å². The lowest BCUT2D eigenvalue weighted by Crippen LogP contribution is -1.88. The zero-order valence-corrected chi connectivity index (χ0v) is 8.38. The van der Waals surface area contributed by atoms with Crippen LogP contribution < -0.4 is 0 Å². The lowest BCUT2D eigenvalue weighted by molar-refractivity contribution is 0.298. The highest BCUT2D eigenvalue weighted by Crippen LogP contribution is 2.17. The third-order valence-electron chi connectivity index (χ3n) is 2.53. The molecule has 0 aliphatic rings. The monoisotopic (exact) mass is 189 g/mol. The molecule has 0 aliphatic carbocycles. The van der Waals surface area contributed by atoms with Crippen molar-refractivity contribution >= 4 is 10.9 Å². The molecule has 2 N–H and O–H groups in total. The number of benzene rings is 1. The smallest absolute Gasteiger partial charge is 0.0485 e. The van der Waals surface area contributed by atoms with Gasteiger partial charge in [0.15, 0.2) is 0 Å². The Balaban J connectivity index is 2.43. The van der Waals surface area contributed by atoms with Gasteiger partial charge in [-0.3, -0.25) is 0 Å². The van der Waals surface area contributed by atoms with Crippen molar-refractivity contribution in [2.45, 2.75) is 19.8 Å². The van der Waals surface area contributed by atoms with Crippen LogP contribution in [0.15, 0.2) is 24.3 Å². The Hall–Kier alpha value is -1.28. The first-order valence-corrected chi connectivity index (χ1v) is 5.05. The molecule has 2 heteroatoms. The van der Waals surface area contributed by atoms with E-state index < -0.39 is 0 Å². The Labute approximate surface area is 83.6 Å². The van der Waals surface area contributed by atoms with Crippen molar-refractivity contribution in [1.82, 2.24) is 4.98 Å². The number of H-pyrrole nitrogens is 1. The molecule has 2 nitrogen and oxygen atoms in total. The molecule has 1 aromatic heterocycles. The van der Waals surface area contributed by atoms with E-state index in [-0.39, 0.29) is 6.61 Å². The molecule has 14 heavy (non-hydrogen) atoms. The number of hydrogen-bond acceptors (Lipinski definition) is 1. The fourth-order valence-electron chi connectivity index (χ4n) is 1.72. The van der Waals surface area contributed by atoms with Crippen LogP contribution in [0.4, 0.5) is 0 Å². The van der Waals surface area contributed by atoms with Crippen LogP contribution in [0, 0.1) is 0 Å². The lowest BCUT2D eigenvalue weighted by Gasteiger charge is -1.94. The Morgan fingerprint density at radius 1 is 1.29 bits per heavy atom. The van der Waals surface area contributed by atoms with Gasteiger partial charge in [0.25, 0.3) is 0 Å². The van der Waals surface area contributed by atoms with E-state index in [0.29, 0.717) is 6.42 Å². The van der Waals surface area contributed by atoms with Gasteiger partial charge in [0.05, 0.1) is 0 Å². The van der Waals surface area contributed by atoms with E-state index in [4.69, 9.17) is 5.11 Å². The van der Waals surface area contributed by atoms with E-state index >= 15 is 0 Å². The number of aliphatic hydroxyl groups excluding tert-OH is 1. The molecule has 0 aliphatic heterocycles. The van der Waals surface area contributed by atoms with Crippen molar-refractivity contribution in [3.05, 3.63) is 35.5 Å². The Morgan fingerprint density at radius 3 is 2.86 bits per heavy atom. The first kappa shape index (κ1) is 9.28. The lowest BCUT2D eigenvalue weighted by atomic mass is 10.1. The second-order valence-electron chi connectivity index (χ2n) is 3.54. The summed E-state index contributed by atoms with van der Waals surface area (Å²) in [5.74, 6) is 0. The second kappa shape index (κ2) is 3.84. The third kappa shape index (κ3) is 1.66. The number of nitrogens with one attached hydrogen (secondary N) is 1. The predicted molar refractivity (Wildman–Crippen MR) is 58.5 cm³/mol. The van der Waals surface area contributed by atoms with E-state index in [9.17, 15) is 0 Å². The van der Waals surface area contributed by atoms with Gasteiger partial charge in [0.1, 0.15) is 0 Å². The fourth-order valence-corrected chi connectivity index (χ4v) is 1.72. The van der Waals surface area contributed by atoms with Crippen LogP contribution in [-0.4, -0.2) is 16.7 Å². The van der Waals surface area contributed by atoms with Gasteiger partial charge in [0.2, 0.25) is 0 Å². The van der Waals surface area contributed by atoms with E-state index in [0.717, 1.165) is 17.6 Å². The van der Waals surface area contributed by atoms with Crippen molar-refractivity contribution in [3.63, 3.8) is 0 Å². The maximum absolute atomic E-state index is 8.83. The summed E-state index contributed by atoms with van der Waals surface area (Å²) in [4.78, 5) is 3.29. The molecule has 0 fully saturated rings. The topological polar surface area (TPSA) is 36.0 Å². The molecular formula is C12H15NO. The molecule has 1 heterocycles. The van der Waals surface area contributed by atoms with Crippen LogP contribution in [0.3, 0.4) is 0 Å². The number of fused-ring (bicyclic) bond motifs is 1. The summed E-state index contributed by atoms with van der Waals surface area (Å²) in [6.07, 6.45) is 1.77. The average Bonchev–Trinajstić information content (AvgIpc) is 2.59. The van der Waals surface area contributed by atoms with E-state index in [2.05, 4.69) is 36.2 Å². The van der Waals surface area contributed by atoms with Crippen LogP contribution in [0.2, 0.25) is 0 Å². The van der Waals surface area contributed by atoms with Crippen molar-refractivity contribution in [3.8, 4) is 0 Å². The molecule has 2 rings (SSSR count). The molecule has 2 aromatic rings. The third-order valence-corrected chi connectivity index (χ3v) is 2.53. The summed E-state index contributed by atoms with van der Waals surface area (Å²) in [5.41, 5.74) is 3.62. The van der Waals surface area contributed by atoms with Crippen LogP contribution in [0.25, 0.3) is 10.9 Å². The fraction of sp³-hybridized carbons (Fsp3) is 0.333. The summed E-state index contributed by atoms with van der Waals surface area (Å²) in [7, 11) is 0. The van der Waals surface area contributed by atoms with E-state index in [1.165, 1.54) is 10.9 Å². The highest BCUT2D eigenvalue weighted by molar-refractivity contribution is 5.81. The summed E-state index contributed by atoms with van der Waals surface area (Å²) in [5, 5.41) is 10.1. The Kier molecular flexibility index (Phi) is 2.55. The van der Waals surface area contributed by atoms with Crippen molar-refractivity contribution in [2.75, 3.05) is 6.61 Å². The van der Waals surface area contributed by atoms with Gasteiger partial charge < -0.3 is 10.1 Å². The van der Waals surface area contributed by atoms with Crippen molar-refractivity contribution in [1.29, 1.82) is 0 Å². The quantitative estimate of drug-likeness (QED) is 0.763. The summed E-state index contributed by atoms with van der Waals surface area (Å²) in [6, 6.07) is 8.56. The molecule has 0 spiro atoms. The number of aliphatic hydroxyl groups is 1. The van der Waals surface area contributed by atoms with Crippen molar-refractivity contribution in [2.24, 2.45) is 0 Å². The minimum atomic E-state index is 0.202. The van der Waals surface area contributed by atoms with Gasteiger partial charge in [-0.15, -0.1) is 0 Å². The standard InChI is InChI=1S/C12H15NO/c1-2-9-3-4-12-10(7-9)8-11(13-12)5-6-14/h3-4,7-8,13-14H,2,5-6H2,1H3. The van der Waals surface area contributed by atoms with Gasteiger partial charge in [-0.05, 0) is 35.6 Å². The van der Waals surface area contributed by atoms with Crippen LogP contribution >= 0.6 is 0 Å². The van der Waals surface area contributed by atoms with Crippen LogP contribution in [-0.2, 0) is 12.8 Å². The van der Waals surface area contributed by atoms with Crippen LogP contribution in [0.5, 0.6) is 0 Å². The molecule has 0 bridgehead atoms. The largest absolute Gasteiger partial charge is 0.396 e. The van der Waals surface area contributed by atoms with Gasteiger partial charge in [-0.25, -0.2) is 0 Å². The first-order chi connectivity index (χ1) is 6.83. The molecule has 0 saturated carbocycles. The average molecular weight is 189 g/mol. The summed E-state index contributed by atoms with van der Waals surface area (Å²) in [6.45, 7) is 2.36. The first-order valence-electron chi connectivity index (χ1n) is 5.05. The minimum absolute atomic E-state index is 0.202. The SMILES string of the molecule is CCc1ccc2[nH]c(CCO)cc2c1. The molecule has 0 radical (unpaired) electrons. The maximum atomic E-state index is 8.83. The number of aryl methyl sites for hydroxylation is 1. The predicted octanol–water partition coefficient (Wildman–Crippen LogP) is 2.27. The zero-order valence-electron chi connectivity index (χ0n) is 8.38. The Morgan fingerprint density at radius 2 is 2.14 bits per heavy atom. The number of aromatic amines is 1. The maximum Gasteiger partial charge on any atom is 0.0485 e. The molecular weight excluding hydrogens is 174 g/mol.